The van der Waals surface area contributed by atoms with Gasteiger partial charge in [-0.15, -0.1) is 11.6 Å². The van der Waals surface area contributed by atoms with E-state index in [4.69, 9.17) is 16.7 Å². The average molecular weight is 339 g/mol. The van der Waals surface area contributed by atoms with Gasteiger partial charge in [-0.3, -0.25) is 4.79 Å². The zero-order valence-corrected chi connectivity index (χ0v) is 12.2. The van der Waals surface area contributed by atoms with Crippen molar-refractivity contribution in [1.29, 1.82) is 0 Å². The lowest BCUT2D eigenvalue weighted by molar-refractivity contribution is -0.131. The van der Waals surface area contributed by atoms with E-state index in [-0.39, 0.29) is 16.0 Å². The maximum Gasteiger partial charge on any atom is 0.446 e. The van der Waals surface area contributed by atoms with E-state index >= 15 is 0 Å². The number of halogens is 4. The fraction of sp³-hybridized carbons (Fsp3) is 0.231. The van der Waals surface area contributed by atoms with E-state index < -0.39 is 34.4 Å². The van der Waals surface area contributed by atoms with Crippen molar-refractivity contribution in [2.45, 2.75) is 22.7 Å². The van der Waals surface area contributed by atoms with Crippen LogP contribution in [0.4, 0.5) is 13.2 Å². The van der Waals surface area contributed by atoms with Gasteiger partial charge in [-0.25, -0.2) is 4.79 Å². The van der Waals surface area contributed by atoms with Crippen LogP contribution in [0.2, 0.25) is 0 Å². The largest absolute Gasteiger partial charge is 0.478 e. The molecule has 0 fully saturated rings. The molecule has 114 valence electrons. The Bertz CT molecular complexity index is 585. The van der Waals surface area contributed by atoms with Crippen LogP contribution >= 0.6 is 23.4 Å². The van der Waals surface area contributed by atoms with Gasteiger partial charge in [0.05, 0.1) is 0 Å². The molecule has 0 aliphatic heterocycles. The second-order valence-electron chi connectivity index (χ2n) is 3.95. The first kappa shape index (κ1) is 17.6. The number of carboxylic acid groups (broad SMARTS) is 1. The van der Waals surface area contributed by atoms with Crippen molar-refractivity contribution in [2.75, 3.05) is 0 Å². The Morgan fingerprint density at radius 3 is 2.48 bits per heavy atom. The molecular weight excluding hydrogens is 329 g/mol. The van der Waals surface area contributed by atoms with Crippen LogP contribution < -0.4 is 0 Å². The molecule has 1 aromatic rings. The topological polar surface area (TPSA) is 54.4 Å². The van der Waals surface area contributed by atoms with Gasteiger partial charge in [0.15, 0.2) is 5.78 Å². The molecule has 0 spiro atoms. The number of carboxylic acids is 1. The molecule has 1 rings (SSSR count). The number of carbonyl (C=O) groups is 2. The van der Waals surface area contributed by atoms with Crippen molar-refractivity contribution in [1.82, 2.24) is 0 Å². The molecule has 1 atom stereocenters. The number of carbonyl (C=O) groups excluding carboxylic acids is 1. The lowest BCUT2D eigenvalue weighted by Gasteiger charge is -2.15. The Morgan fingerprint density at radius 1 is 1.38 bits per heavy atom. The van der Waals surface area contributed by atoms with Crippen LogP contribution in [0, 0.1) is 0 Å². The fourth-order valence-corrected chi connectivity index (χ4v) is 2.43. The molecule has 0 aromatic heterocycles. The van der Waals surface area contributed by atoms with Gasteiger partial charge < -0.3 is 5.11 Å². The van der Waals surface area contributed by atoms with Crippen LogP contribution in [0.5, 0.6) is 0 Å². The summed E-state index contributed by atoms with van der Waals surface area (Å²) in [4.78, 5) is 21.7. The number of thioether (sulfide) groups is 1. The Hall–Kier alpha value is -1.47. The lowest BCUT2D eigenvalue weighted by atomic mass is 10.0. The van der Waals surface area contributed by atoms with E-state index in [9.17, 15) is 22.8 Å². The molecule has 1 N–H and O–H groups in total. The molecule has 0 aliphatic rings. The van der Waals surface area contributed by atoms with Crippen molar-refractivity contribution in [3.8, 4) is 0 Å². The first-order valence-corrected chi connectivity index (χ1v) is 6.81. The molecule has 1 aromatic carbocycles. The third-order valence-electron chi connectivity index (χ3n) is 2.35. The first-order valence-electron chi connectivity index (χ1n) is 5.56. The summed E-state index contributed by atoms with van der Waals surface area (Å²) in [5, 5.41) is 7.48. The quantitative estimate of drug-likeness (QED) is 0.495. The number of Topliss-reactive ketones (excluding diaryl/α,β-unsaturated/α-hetero) is 1. The summed E-state index contributed by atoms with van der Waals surface area (Å²) in [5.74, 6) is -1.77. The van der Waals surface area contributed by atoms with E-state index in [0.29, 0.717) is 6.08 Å². The fourth-order valence-electron chi connectivity index (χ4n) is 1.55. The number of hydrogen-bond donors (Lipinski definition) is 1. The van der Waals surface area contributed by atoms with E-state index in [0.717, 1.165) is 6.08 Å². The van der Waals surface area contributed by atoms with Crippen molar-refractivity contribution in [2.24, 2.45) is 0 Å². The number of rotatable bonds is 5. The standard InChI is InChI=1S/C13H10ClF3O3S/c1-7(18)12(14)9-3-2-4-10(21-13(15,16)17)8(9)5-6-11(19)20/h2-6,12H,1H3,(H,19,20). The monoisotopic (exact) mass is 338 g/mol. The van der Waals surface area contributed by atoms with E-state index in [1.807, 2.05) is 0 Å². The van der Waals surface area contributed by atoms with Gasteiger partial charge in [-0.1, -0.05) is 12.1 Å². The van der Waals surface area contributed by atoms with Gasteiger partial charge in [0.1, 0.15) is 5.38 Å². The van der Waals surface area contributed by atoms with Crippen LogP contribution in [-0.4, -0.2) is 22.4 Å². The van der Waals surface area contributed by atoms with Crippen LogP contribution in [0.3, 0.4) is 0 Å². The van der Waals surface area contributed by atoms with Crippen molar-refractivity contribution in [3.05, 3.63) is 35.4 Å². The second kappa shape index (κ2) is 7.00. The minimum Gasteiger partial charge on any atom is -0.478 e. The van der Waals surface area contributed by atoms with Crippen molar-refractivity contribution >= 4 is 41.2 Å². The van der Waals surface area contributed by atoms with Gasteiger partial charge in [0.25, 0.3) is 0 Å². The molecule has 0 amide bonds. The molecule has 0 saturated heterocycles. The zero-order valence-electron chi connectivity index (χ0n) is 10.6. The Balaban J connectivity index is 3.40. The van der Waals surface area contributed by atoms with Crippen LogP contribution in [0.25, 0.3) is 6.08 Å². The molecule has 8 heteroatoms. The normalized spacial score (nSPS) is 13.4. The minimum absolute atomic E-state index is 0.0302. The number of hydrogen-bond acceptors (Lipinski definition) is 3. The Kier molecular flexibility index (Phi) is 5.86. The zero-order chi connectivity index (χ0) is 16.2. The highest BCUT2D eigenvalue weighted by atomic mass is 35.5. The number of alkyl halides is 4. The van der Waals surface area contributed by atoms with Gasteiger partial charge in [0, 0.05) is 11.0 Å². The molecule has 0 radical (unpaired) electrons. The summed E-state index contributed by atoms with van der Waals surface area (Å²) >= 11 is 5.49. The van der Waals surface area contributed by atoms with Gasteiger partial charge in [0.2, 0.25) is 0 Å². The molecule has 0 saturated carbocycles. The van der Waals surface area contributed by atoms with E-state index in [1.54, 1.807) is 0 Å². The first-order chi connectivity index (χ1) is 9.61. The van der Waals surface area contributed by atoms with Gasteiger partial charge in [-0.2, -0.15) is 13.2 Å². The molecule has 3 nitrogen and oxygen atoms in total. The molecule has 0 aliphatic carbocycles. The maximum absolute atomic E-state index is 12.5. The molecular formula is C13H10ClF3O3S. The van der Waals surface area contributed by atoms with Gasteiger partial charge >= 0.3 is 11.5 Å². The summed E-state index contributed by atoms with van der Waals surface area (Å²) in [6.07, 6.45) is 1.70. The van der Waals surface area contributed by atoms with Crippen molar-refractivity contribution < 1.29 is 27.9 Å². The second-order valence-corrected chi connectivity index (χ2v) is 5.49. The summed E-state index contributed by atoms with van der Waals surface area (Å²) in [6.45, 7) is 1.20. The number of ketones is 1. The molecule has 0 heterocycles. The molecule has 0 bridgehead atoms. The van der Waals surface area contributed by atoms with E-state index in [2.05, 4.69) is 0 Å². The van der Waals surface area contributed by atoms with Crippen LogP contribution in [0.15, 0.2) is 29.2 Å². The predicted octanol–water partition coefficient (Wildman–Crippen LogP) is 4.27. The lowest BCUT2D eigenvalue weighted by Crippen LogP contribution is -2.06. The molecule has 1 unspecified atom stereocenters. The highest BCUT2D eigenvalue weighted by Crippen LogP contribution is 2.41. The summed E-state index contributed by atoms with van der Waals surface area (Å²) < 4.78 is 37.6. The van der Waals surface area contributed by atoms with Gasteiger partial charge in [-0.05, 0) is 42.0 Å². The minimum atomic E-state index is -4.54. The van der Waals surface area contributed by atoms with Crippen molar-refractivity contribution in [3.63, 3.8) is 0 Å². The summed E-state index contributed by atoms with van der Waals surface area (Å²) in [5.41, 5.74) is -4.43. The maximum atomic E-state index is 12.5. The molecule has 21 heavy (non-hydrogen) atoms. The number of benzene rings is 1. The SMILES string of the molecule is CC(=O)C(Cl)c1cccc(SC(F)(F)F)c1C=CC(=O)O. The summed E-state index contributed by atoms with van der Waals surface area (Å²) in [6, 6.07) is 3.91. The van der Waals surface area contributed by atoms with Crippen LogP contribution in [-0.2, 0) is 9.59 Å². The predicted molar refractivity (Wildman–Crippen MR) is 74.3 cm³/mol. The summed E-state index contributed by atoms with van der Waals surface area (Å²) in [7, 11) is 0. The smallest absolute Gasteiger partial charge is 0.446 e. The highest BCUT2D eigenvalue weighted by Gasteiger charge is 2.31. The average Bonchev–Trinajstić information content (AvgIpc) is 2.33. The third kappa shape index (κ3) is 5.43. The Morgan fingerprint density at radius 2 is 2.00 bits per heavy atom. The van der Waals surface area contributed by atoms with E-state index in [1.165, 1.54) is 25.1 Å². The van der Waals surface area contributed by atoms with Crippen LogP contribution in [0.1, 0.15) is 23.4 Å². The highest BCUT2D eigenvalue weighted by molar-refractivity contribution is 8.00. The Labute approximate surface area is 127 Å². The number of aliphatic carboxylic acids is 1. The third-order valence-corrected chi connectivity index (χ3v) is 3.70.